The van der Waals surface area contributed by atoms with Gasteiger partial charge in [0.15, 0.2) is 19.9 Å². The van der Waals surface area contributed by atoms with Gasteiger partial charge in [0.2, 0.25) is 5.60 Å². The molecule has 5 heteroatoms. The van der Waals surface area contributed by atoms with E-state index < -0.39 is 25.5 Å². The van der Waals surface area contributed by atoms with Gasteiger partial charge in [-0.15, -0.1) is 0 Å². The molecule has 0 radical (unpaired) electrons. The van der Waals surface area contributed by atoms with Gasteiger partial charge in [-0.05, 0) is 30.3 Å². The normalized spacial score (nSPS) is 20.1. The van der Waals surface area contributed by atoms with E-state index in [1.807, 2.05) is 13.1 Å². The van der Waals surface area contributed by atoms with Crippen LogP contribution in [0.5, 0.6) is 0 Å². The maximum Gasteiger partial charge on any atom is 0.211 e. The van der Waals surface area contributed by atoms with E-state index in [2.05, 4.69) is 20.8 Å². The standard InChI is InChI=1S/C12H20O4Si/c1-11(2,3)17(4,5)16-8-12(15)9(13)6-7-10(12)14/h6-7,15H,8H2,1-5H3. The molecule has 0 saturated heterocycles. The molecule has 0 aromatic carbocycles. The van der Waals surface area contributed by atoms with Gasteiger partial charge in [0.25, 0.3) is 0 Å². The van der Waals surface area contributed by atoms with Crippen LogP contribution in [0.4, 0.5) is 0 Å². The lowest BCUT2D eigenvalue weighted by atomic mass is 10.0. The summed E-state index contributed by atoms with van der Waals surface area (Å²) in [5, 5.41) is 9.97. The Balaban J connectivity index is 2.76. The zero-order valence-corrected chi connectivity index (χ0v) is 12.0. The minimum atomic E-state index is -2.07. The van der Waals surface area contributed by atoms with Crippen LogP contribution in [-0.2, 0) is 14.0 Å². The molecule has 1 N–H and O–H groups in total. The molecule has 17 heavy (non-hydrogen) atoms. The lowest BCUT2D eigenvalue weighted by molar-refractivity contribution is -0.146. The van der Waals surface area contributed by atoms with Crippen molar-refractivity contribution in [2.75, 3.05) is 6.61 Å². The fourth-order valence-electron chi connectivity index (χ4n) is 1.19. The lowest BCUT2D eigenvalue weighted by Gasteiger charge is -2.37. The van der Waals surface area contributed by atoms with Gasteiger partial charge in [0, 0.05) is 0 Å². The molecule has 0 amide bonds. The van der Waals surface area contributed by atoms with Crippen LogP contribution in [0.3, 0.4) is 0 Å². The van der Waals surface area contributed by atoms with Crippen LogP contribution in [-0.4, -0.2) is 37.2 Å². The van der Waals surface area contributed by atoms with E-state index in [1.54, 1.807) is 0 Å². The van der Waals surface area contributed by atoms with Crippen molar-refractivity contribution in [2.24, 2.45) is 0 Å². The Morgan fingerprint density at radius 2 is 1.65 bits per heavy atom. The van der Waals surface area contributed by atoms with Crippen LogP contribution in [0.1, 0.15) is 20.8 Å². The fourth-order valence-corrected chi connectivity index (χ4v) is 2.19. The molecule has 1 rings (SSSR count). The molecule has 0 aromatic heterocycles. The molecule has 0 fully saturated rings. The number of carbonyl (C=O) groups is 2. The molecule has 0 spiro atoms. The largest absolute Gasteiger partial charge is 0.413 e. The van der Waals surface area contributed by atoms with Gasteiger partial charge in [-0.25, -0.2) is 0 Å². The summed E-state index contributed by atoms with van der Waals surface area (Å²) in [5.41, 5.74) is -1.99. The second-order valence-corrected chi connectivity index (χ2v) is 10.8. The average Bonchev–Trinajstić information content (AvgIpc) is 2.42. The number of rotatable bonds is 3. The quantitative estimate of drug-likeness (QED) is 0.613. The van der Waals surface area contributed by atoms with Crippen molar-refractivity contribution in [3.8, 4) is 0 Å². The van der Waals surface area contributed by atoms with Crippen molar-refractivity contribution in [2.45, 2.75) is 44.5 Å². The first-order valence-electron chi connectivity index (χ1n) is 5.64. The summed E-state index contributed by atoms with van der Waals surface area (Å²) in [6.45, 7) is 9.94. The summed E-state index contributed by atoms with van der Waals surface area (Å²) in [7, 11) is -2.07. The Kier molecular flexibility index (Phi) is 3.49. The second-order valence-electron chi connectivity index (χ2n) is 5.97. The monoisotopic (exact) mass is 256 g/mol. The summed E-state index contributed by atoms with van der Waals surface area (Å²) in [4.78, 5) is 22.9. The molecular weight excluding hydrogens is 236 g/mol. The lowest BCUT2D eigenvalue weighted by Crippen LogP contribution is -2.51. The maximum absolute atomic E-state index is 11.5. The number of ketones is 2. The summed E-state index contributed by atoms with van der Waals surface area (Å²) in [6.07, 6.45) is 2.22. The number of hydrogen-bond donors (Lipinski definition) is 1. The van der Waals surface area contributed by atoms with Gasteiger partial charge in [-0.1, -0.05) is 20.8 Å². The van der Waals surface area contributed by atoms with Crippen molar-refractivity contribution >= 4 is 19.9 Å². The molecule has 1 aliphatic carbocycles. The Morgan fingerprint density at radius 3 is 2.00 bits per heavy atom. The van der Waals surface area contributed by atoms with Crippen LogP contribution < -0.4 is 0 Å². The summed E-state index contributed by atoms with van der Waals surface area (Å²) in [5.74, 6) is -1.16. The first kappa shape index (κ1) is 14.3. The third-order valence-electron chi connectivity index (χ3n) is 3.65. The zero-order valence-electron chi connectivity index (χ0n) is 11.0. The van der Waals surface area contributed by atoms with Crippen molar-refractivity contribution in [1.29, 1.82) is 0 Å². The first-order chi connectivity index (χ1) is 7.51. The van der Waals surface area contributed by atoms with Crippen LogP contribution in [0.2, 0.25) is 18.1 Å². The number of hydrogen-bond acceptors (Lipinski definition) is 4. The van der Waals surface area contributed by atoms with Crippen LogP contribution in [0.15, 0.2) is 12.2 Å². The van der Waals surface area contributed by atoms with Crippen molar-refractivity contribution in [3.63, 3.8) is 0 Å². The van der Waals surface area contributed by atoms with E-state index in [1.165, 1.54) is 0 Å². The average molecular weight is 256 g/mol. The predicted molar refractivity (Wildman–Crippen MR) is 67.3 cm³/mol. The Bertz CT molecular complexity index is 358. The summed E-state index contributed by atoms with van der Waals surface area (Å²) < 4.78 is 5.73. The Labute approximate surface area is 103 Å². The molecule has 0 aromatic rings. The van der Waals surface area contributed by atoms with Crippen molar-refractivity contribution in [3.05, 3.63) is 12.2 Å². The van der Waals surface area contributed by atoms with Gasteiger partial charge >= 0.3 is 0 Å². The highest BCUT2D eigenvalue weighted by Crippen LogP contribution is 2.37. The van der Waals surface area contributed by atoms with Gasteiger partial charge in [0.05, 0.1) is 6.61 Å². The fraction of sp³-hybridized carbons (Fsp3) is 0.667. The van der Waals surface area contributed by atoms with Crippen molar-refractivity contribution < 1.29 is 19.1 Å². The molecule has 0 atom stereocenters. The Hall–Kier alpha value is -0.783. The van der Waals surface area contributed by atoms with E-state index in [4.69, 9.17) is 4.43 Å². The van der Waals surface area contributed by atoms with E-state index in [0.29, 0.717) is 0 Å². The topological polar surface area (TPSA) is 63.6 Å². The van der Waals surface area contributed by atoms with Crippen LogP contribution >= 0.6 is 0 Å². The second kappa shape index (κ2) is 4.15. The molecule has 1 aliphatic rings. The van der Waals surface area contributed by atoms with E-state index in [9.17, 15) is 14.7 Å². The minimum absolute atomic E-state index is 0.0263. The molecule has 0 aliphatic heterocycles. The smallest absolute Gasteiger partial charge is 0.211 e. The molecule has 96 valence electrons. The highest BCUT2D eigenvalue weighted by molar-refractivity contribution is 6.74. The highest BCUT2D eigenvalue weighted by Gasteiger charge is 2.47. The molecule has 0 bridgehead atoms. The summed E-state index contributed by atoms with van der Waals surface area (Å²) in [6, 6.07) is 0. The van der Waals surface area contributed by atoms with E-state index in [0.717, 1.165) is 12.2 Å². The number of aliphatic hydroxyl groups is 1. The van der Waals surface area contributed by atoms with Gasteiger partial charge < -0.3 is 9.53 Å². The third kappa shape index (κ3) is 2.56. The molecular formula is C12H20O4Si. The first-order valence-corrected chi connectivity index (χ1v) is 8.55. The van der Waals surface area contributed by atoms with Crippen molar-refractivity contribution in [1.82, 2.24) is 0 Å². The van der Waals surface area contributed by atoms with Gasteiger partial charge in [-0.2, -0.15) is 0 Å². The molecule has 0 heterocycles. The molecule has 4 nitrogen and oxygen atoms in total. The van der Waals surface area contributed by atoms with E-state index >= 15 is 0 Å². The van der Waals surface area contributed by atoms with Gasteiger partial charge in [0.1, 0.15) is 0 Å². The van der Waals surface area contributed by atoms with Gasteiger partial charge in [-0.3, -0.25) is 9.59 Å². The summed E-state index contributed by atoms with van der Waals surface area (Å²) >= 11 is 0. The maximum atomic E-state index is 11.5. The van der Waals surface area contributed by atoms with E-state index in [-0.39, 0.29) is 11.6 Å². The third-order valence-corrected chi connectivity index (χ3v) is 8.13. The SMILES string of the molecule is CC(C)(C)[Si](C)(C)OCC1(O)C(=O)C=CC1=O. The van der Waals surface area contributed by atoms with Crippen LogP contribution in [0.25, 0.3) is 0 Å². The van der Waals surface area contributed by atoms with Crippen LogP contribution in [0, 0.1) is 0 Å². The molecule has 0 saturated carbocycles. The minimum Gasteiger partial charge on any atom is -0.413 e. The molecule has 0 unspecified atom stereocenters. The number of carbonyl (C=O) groups excluding carboxylic acids is 2. The zero-order chi connectivity index (χ0) is 13.5. The predicted octanol–water partition coefficient (Wildman–Crippen LogP) is 1.45. The Morgan fingerprint density at radius 1 is 1.24 bits per heavy atom. The highest BCUT2D eigenvalue weighted by atomic mass is 28.4.